The standard InChI is InChI=1S/C22H24ClN3O/c1-3-16-9-7-10-17(4-2)21(16)26-22(27)19(14-24)15-25-13-12-18-8-5-6-11-20(18)23/h5-11,15,25H,3-4,12-13H2,1-2H3,(H,26,27)/b19-15-. The lowest BCUT2D eigenvalue weighted by Crippen LogP contribution is -2.19. The Bertz CT molecular complexity index is 846. The molecule has 0 unspecified atom stereocenters. The van der Waals surface area contributed by atoms with Gasteiger partial charge >= 0.3 is 0 Å². The zero-order chi connectivity index (χ0) is 19.6. The number of carbonyl (C=O) groups is 1. The van der Waals surface area contributed by atoms with Crippen LogP contribution in [-0.4, -0.2) is 12.5 Å². The first-order valence-corrected chi connectivity index (χ1v) is 9.47. The van der Waals surface area contributed by atoms with E-state index in [4.69, 9.17) is 11.6 Å². The highest BCUT2D eigenvalue weighted by molar-refractivity contribution is 6.31. The van der Waals surface area contributed by atoms with Gasteiger partial charge in [-0.15, -0.1) is 0 Å². The van der Waals surface area contributed by atoms with Crippen molar-refractivity contribution >= 4 is 23.2 Å². The number of nitrogens with zero attached hydrogens (tertiary/aromatic N) is 1. The molecule has 0 aliphatic heterocycles. The number of para-hydroxylation sites is 1. The predicted molar refractivity (Wildman–Crippen MR) is 111 cm³/mol. The number of anilines is 1. The molecule has 0 heterocycles. The van der Waals surface area contributed by atoms with Crippen LogP contribution in [-0.2, 0) is 24.1 Å². The van der Waals surface area contributed by atoms with E-state index in [0.29, 0.717) is 18.0 Å². The van der Waals surface area contributed by atoms with Crippen molar-refractivity contribution in [1.82, 2.24) is 5.32 Å². The fourth-order valence-electron chi connectivity index (χ4n) is 2.81. The number of amides is 1. The zero-order valence-electron chi connectivity index (χ0n) is 15.7. The Balaban J connectivity index is 2.03. The minimum Gasteiger partial charge on any atom is -0.389 e. The number of aryl methyl sites for hydroxylation is 2. The lowest BCUT2D eigenvalue weighted by atomic mass is 10.0. The summed E-state index contributed by atoms with van der Waals surface area (Å²) in [6.45, 7) is 4.66. The smallest absolute Gasteiger partial charge is 0.267 e. The molecule has 4 nitrogen and oxygen atoms in total. The van der Waals surface area contributed by atoms with E-state index in [1.807, 2.05) is 62.4 Å². The molecule has 0 fully saturated rings. The lowest BCUT2D eigenvalue weighted by Gasteiger charge is -2.14. The molecule has 0 atom stereocenters. The number of carbonyl (C=O) groups excluding carboxylic acids is 1. The van der Waals surface area contributed by atoms with Crippen LogP contribution in [0.4, 0.5) is 5.69 Å². The SMILES string of the molecule is CCc1cccc(CC)c1NC(=O)/C(C#N)=C\NCCc1ccccc1Cl. The summed E-state index contributed by atoms with van der Waals surface area (Å²) >= 11 is 6.13. The molecule has 27 heavy (non-hydrogen) atoms. The highest BCUT2D eigenvalue weighted by atomic mass is 35.5. The molecular formula is C22H24ClN3O. The van der Waals surface area contributed by atoms with E-state index >= 15 is 0 Å². The molecule has 0 saturated heterocycles. The average molecular weight is 382 g/mol. The van der Waals surface area contributed by atoms with Gasteiger partial charge in [-0.25, -0.2) is 0 Å². The van der Waals surface area contributed by atoms with Crippen LogP contribution in [0.15, 0.2) is 54.2 Å². The minimum atomic E-state index is -0.404. The fraction of sp³-hybridized carbons (Fsp3) is 0.273. The van der Waals surface area contributed by atoms with E-state index in [1.165, 1.54) is 6.20 Å². The predicted octanol–water partition coefficient (Wildman–Crippen LogP) is 4.64. The number of hydrogen-bond donors (Lipinski definition) is 2. The summed E-state index contributed by atoms with van der Waals surface area (Å²) in [5, 5.41) is 16.0. The normalized spacial score (nSPS) is 11.0. The van der Waals surface area contributed by atoms with Crippen molar-refractivity contribution in [3.05, 3.63) is 76.0 Å². The van der Waals surface area contributed by atoms with Crippen molar-refractivity contribution < 1.29 is 4.79 Å². The van der Waals surface area contributed by atoms with Gasteiger partial charge in [-0.1, -0.05) is 61.8 Å². The Labute approximate surface area is 165 Å². The molecule has 0 radical (unpaired) electrons. The summed E-state index contributed by atoms with van der Waals surface area (Å²) in [6, 6.07) is 15.6. The van der Waals surface area contributed by atoms with Gasteiger partial charge in [0.25, 0.3) is 5.91 Å². The van der Waals surface area contributed by atoms with Crippen molar-refractivity contribution in [1.29, 1.82) is 5.26 Å². The topological polar surface area (TPSA) is 64.9 Å². The van der Waals surface area contributed by atoms with Crippen LogP contribution >= 0.6 is 11.6 Å². The third kappa shape index (κ3) is 5.60. The van der Waals surface area contributed by atoms with E-state index in [2.05, 4.69) is 10.6 Å². The molecule has 2 N–H and O–H groups in total. The summed E-state index contributed by atoms with van der Waals surface area (Å²) in [6.07, 6.45) is 3.79. The second-order valence-corrected chi connectivity index (χ2v) is 6.49. The molecule has 2 rings (SSSR count). The summed E-state index contributed by atoms with van der Waals surface area (Å²) in [5.41, 5.74) is 4.00. The maximum Gasteiger partial charge on any atom is 0.267 e. The summed E-state index contributed by atoms with van der Waals surface area (Å²) in [4.78, 5) is 12.5. The minimum absolute atomic E-state index is 0.0436. The number of benzene rings is 2. The highest BCUT2D eigenvalue weighted by Crippen LogP contribution is 2.23. The van der Waals surface area contributed by atoms with Gasteiger partial charge < -0.3 is 10.6 Å². The molecular weight excluding hydrogens is 358 g/mol. The Morgan fingerprint density at radius 3 is 2.30 bits per heavy atom. The van der Waals surface area contributed by atoms with Crippen LogP contribution in [0.2, 0.25) is 5.02 Å². The molecule has 0 saturated carbocycles. The van der Waals surface area contributed by atoms with E-state index in [-0.39, 0.29) is 5.57 Å². The number of rotatable bonds is 8. The van der Waals surface area contributed by atoms with Crippen LogP contribution in [0, 0.1) is 11.3 Å². The zero-order valence-corrected chi connectivity index (χ0v) is 16.4. The van der Waals surface area contributed by atoms with Gasteiger partial charge in [-0.2, -0.15) is 5.26 Å². The molecule has 0 bridgehead atoms. The molecule has 5 heteroatoms. The maximum absolute atomic E-state index is 12.5. The number of hydrogen-bond acceptors (Lipinski definition) is 3. The first kappa shape index (κ1) is 20.5. The fourth-order valence-corrected chi connectivity index (χ4v) is 3.05. The number of nitrogens with one attached hydrogen (secondary N) is 2. The summed E-state index contributed by atoms with van der Waals surface area (Å²) in [5.74, 6) is -0.404. The molecule has 0 spiro atoms. The number of nitriles is 1. The number of halogens is 1. The van der Waals surface area contributed by atoms with Gasteiger partial charge in [0.2, 0.25) is 0 Å². The van der Waals surface area contributed by atoms with Gasteiger partial charge in [0, 0.05) is 23.5 Å². The highest BCUT2D eigenvalue weighted by Gasteiger charge is 2.13. The van der Waals surface area contributed by atoms with Gasteiger partial charge in [0.1, 0.15) is 11.6 Å². The van der Waals surface area contributed by atoms with Crippen LogP contribution in [0.25, 0.3) is 0 Å². The molecule has 140 valence electrons. The van der Waals surface area contributed by atoms with E-state index in [9.17, 15) is 10.1 Å². The van der Waals surface area contributed by atoms with Crippen molar-refractivity contribution in [2.45, 2.75) is 33.1 Å². The Morgan fingerprint density at radius 1 is 1.07 bits per heavy atom. The first-order chi connectivity index (χ1) is 13.1. The Kier molecular flexibility index (Phi) is 7.91. The van der Waals surface area contributed by atoms with Gasteiger partial charge in [0.15, 0.2) is 0 Å². The Hall–Kier alpha value is -2.77. The molecule has 0 aliphatic rings. The monoisotopic (exact) mass is 381 g/mol. The summed E-state index contributed by atoms with van der Waals surface area (Å²) < 4.78 is 0. The van der Waals surface area contributed by atoms with Crippen LogP contribution in [0.3, 0.4) is 0 Å². The molecule has 0 aromatic heterocycles. The van der Waals surface area contributed by atoms with Crippen molar-refractivity contribution in [2.75, 3.05) is 11.9 Å². The van der Waals surface area contributed by atoms with Crippen LogP contribution < -0.4 is 10.6 Å². The third-order valence-electron chi connectivity index (χ3n) is 4.35. The van der Waals surface area contributed by atoms with Crippen LogP contribution in [0.1, 0.15) is 30.5 Å². The Morgan fingerprint density at radius 2 is 1.70 bits per heavy atom. The maximum atomic E-state index is 12.5. The molecule has 2 aromatic rings. The largest absolute Gasteiger partial charge is 0.389 e. The third-order valence-corrected chi connectivity index (χ3v) is 4.71. The molecule has 0 aliphatic carbocycles. The van der Waals surface area contributed by atoms with Gasteiger partial charge in [-0.3, -0.25) is 4.79 Å². The summed E-state index contributed by atoms with van der Waals surface area (Å²) in [7, 11) is 0. The molecule has 1 amide bonds. The van der Waals surface area contributed by atoms with Crippen molar-refractivity contribution in [2.24, 2.45) is 0 Å². The van der Waals surface area contributed by atoms with Crippen molar-refractivity contribution in [3.63, 3.8) is 0 Å². The van der Waals surface area contributed by atoms with Gasteiger partial charge in [-0.05, 0) is 42.0 Å². The quantitative estimate of drug-likeness (QED) is 0.397. The second-order valence-electron chi connectivity index (χ2n) is 6.08. The van der Waals surface area contributed by atoms with E-state index < -0.39 is 5.91 Å². The van der Waals surface area contributed by atoms with Gasteiger partial charge in [0.05, 0.1) is 0 Å². The van der Waals surface area contributed by atoms with E-state index in [1.54, 1.807) is 0 Å². The van der Waals surface area contributed by atoms with Crippen LogP contribution in [0.5, 0.6) is 0 Å². The first-order valence-electron chi connectivity index (χ1n) is 9.09. The molecule has 2 aromatic carbocycles. The van der Waals surface area contributed by atoms with Crippen molar-refractivity contribution in [3.8, 4) is 6.07 Å². The average Bonchev–Trinajstić information content (AvgIpc) is 2.69. The lowest BCUT2D eigenvalue weighted by molar-refractivity contribution is -0.112. The second kappa shape index (κ2) is 10.4. The van der Waals surface area contributed by atoms with E-state index in [0.717, 1.165) is 35.2 Å².